The zero-order valence-corrected chi connectivity index (χ0v) is 11.4. The number of hydrogen-bond acceptors (Lipinski definition) is 2. The molecule has 2 aromatic rings. The lowest BCUT2D eigenvalue weighted by Crippen LogP contribution is -2.12. The minimum atomic E-state index is -0.243. The molecule has 0 saturated heterocycles. The molecule has 3 nitrogen and oxygen atoms in total. The summed E-state index contributed by atoms with van der Waals surface area (Å²) in [5.41, 5.74) is 2.18. The van der Waals surface area contributed by atoms with Crippen LogP contribution in [0.25, 0.3) is 0 Å². The van der Waals surface area contributed by atoms with Crippen molar-refractivity contribution in [1.82, 2.24) is 0 Å². The predicted molar refractivity (Wildman–Crippen MR) is 74.9 cm³/mol. The largest absolute Gasteiger partial charge is 0.507 e. The summed E-state index contributed by atoms with van der Waals surface area (Å²) in [6.07, 6.45) is 0. The highest BCUT2D eigenvalue weighted by Crippen LogP contribution is 2.25. The Morgan fingerprint density at radius 3 is 2.61 bits per heavy atom. The quantitative estimate of drug-likeness (QED) is 0.888. The van der Waals surface area contributed by atoms with Crippen LogP contribution in [0.15, 0.2) is 46.9 Å². The van der Waals surface area contributed by atoms with E-state index in [4.69, 9.17) is 0 Å². The summed E-state index contributed by atoms with van der Waals surface area (Å²) in [5.74, 6) is -0.195. The first-order chi connectivity index (χ1) is 8.58. The number of aromatic hydroxyl groups is 1. The van der Waals surface area contributed by atoms with Gasteiger partial charge in [-0.25, -0.2) is 0 Å². The second-order valence-corrected chi connectivity index (χ2v) is 4.79. The molecule has 0 atom stereocenters. The van der Waals surface area contributed by atoms with Crippen LogP contribution in [0.5, 0.6) is 5.75 Å². The number of benzene rings is 2. The fraction of sp³-hybridized carbons (Fsp3) is 0.0714. The van der Waals surface area contributed by atoms with E-state index in [1.54, 1.807) is 12.1 Å². The molecule has 0 unspecified atom stereocenters. The van der Waals surface area contributed by atoms with Crippen molar-refractivity contribution in [3.05, 3.63) is 58.1 Å². The lowest BCUT2D eigenvalue weighted by Gasteiger charge is -2.08. The van der Waals surface area contributed by atoms with Crippen molar-refractivity contribution in [3.8, 4) is 5.75 Å². The maximum absolute atomic E-state index is 12.0. The van der Waals surface area contributed by atoms with Crippen LogP contribution in [0.3, 0.4) is 0 Å². The number of hydrogen-bond donors (Lipinski definition) is 2. The van der Waals surface area contributed by atoms with Crippen LogP contribution in [0.1, 0.15) is 15.9 Å². The van der Waals surface area contributed by atoms with Crippen LogP contribution >= 0.6 is 15.9 Å². The molecule has 0 aromatic heterocycles. The molecule has 18 heavy (non-hydrogen) atoms. The van der Waals surface area contributed by atoms with Crippen LogP contribution in [0.4, 0.5) is 5.69 Å². The summed E-state index contributed by atoms with van der Waals surface area (Å²) in [7, 11) is 0. The Hall–Kier alpha value is -1.81. The molecule has 0 aliphatic carbocycles. The molecule has 0 aliphatic heterocycles. The third-order valence-electron chi connectivity index (χ3n) is 2.60. The number of amides is 1. The zero-order valence-electron chi connectivity index (χ0n) is 9.77. The molecule has 0 fully saturated rings. The molecule has 2 N–H and O–H groups in total. The van der Waals surface area contributed by atoms with Crippen LogP contribution in [-0.2, 0) is 0 Å². The lowest BCUT2D eigenvalue weighted by molar-refractivity contribution is 0.102. The van der Waals surface area contributed by atoms with E-state index >= 15 is 0 Å². The minimum absolute atomic E-state index is 0.0485. The van der Waals surface area contributed by atoms with E-state index in [1.807, 2.05) is 31.2 Å². The number of anilines is 1. The molecular weight excluding hydrogens is 294 g/mol. The Morgan fingerprint density at radius 1 is 1.22 bits per heavy atom. The Bertz CT molecular complexity index is 596. The second-order valence-electron chi connectivity index (χ2n) is 3.94. The summed E-state index contributed by atoms with van der Waals surface area (Å²) >= 11 is 3.18. The van der Waals surface area contributed by atoms with Crippen LogP contribution in [-0.4, -0.2) is 11.0 Å². The molecule has 0 heterocycles. The predicted octanol–water partition coefficient (Wildman–Crippen LogP) is 3.72. The van der Waals surface area contributed by atoms with E-state index in [2.05, 4.69) is 21.2 Å². The Balaban J connectivity index is 2.22. The van der Waals surface area contributed by atoms with Gasteiger partial charge in [0.2, 0.25) is 0 Å². The van der Waals surface area contributed by atoms with E-state index in [9.17, 15) is 9.90 Å². The van der Waals surface area contributed by atoms with Crippen molar-refractivity contribution in [1.29, 1.82) is 0 Å². The van der Waals surface area contributed by atoms with Crippen molar-refractivity contribution < 1.29 is 9.90 Å². The average molecular weight is 306 g/mol. The Kier molecular flexibility index (Phi) is 3.67. The third-order valence-corrected chi connectivity index (χ3v) is 3.27. The molecule has 1 amide bonds. The van der Waals surface area contributed by atoms with Gasteiger partial charge in [0.1, 0.15) is 5.75 Å². The summed E-state index contributed by atoms with van der Waals surface area (Å²) < 4.78 is 0.565. The standard InChI is InChI=1S/C14H12BrNO2/c1-9-4-2-3-5-12(9)16-14(18)10-6-7-11(15)13(17)8-10/h2-8,17H,1H3,(H,16,18). The normalized spacial score (nSPS) is 10.1. The highest BCUT2D eigenvalue weighted by Gasteiger charge is 2.09. The van der Waals surface area contributed by atoms with Gasteiger partial charge in [0.25, 0.3) is 5.91 Å². The van der Waals surface area contributed by atoms with Gasteiger partial charge in [-0.3, -0.25) is 4.79 Å². The highest BCUT2D eigenvalue weighted by atomic mass is 79.9. The van der Waals surface area contributed by atoms with Crippen molar-refractivity contribution >= 4 is 27.5 Å². The van der Waals surface area contributed by atoms with Crippen molar-refractivity contribution in [2.24, 2.45) is 0 Å². The van der Waals surface area contributed by atoms with E-state index < -0.39 is 0 Å². The molecule has 2 rings (SSSR count). The van der Waals surface area contributed by atoms with Gasteiger partial charge in [0.15, 0.2) is 0 Å². The monoisotopic (exact) mass is 305 g/mol. The van der Waals surface area contributed by atoms with Gasteiger partial charge in [0, 0.05) is 11.3 Å². The molecule has 2 aromatic carbocycles. The maximum Gasteiger partial charge on any atom is 0.255 e. The molecule has 92 valence electrons. The number of rotatable bonds is 2. The summed E-state index contributed by atoms with van der Waals surface area (Å²) in [4.78, 5) is 12.0. The highest BCUT2D eigenvalue weighted by molar-refractivity contribution is 9.10. The van der Waals surface area contributed by atoms with Crippen LogP contribution in [0, 0.1) is 6.92 Å². The molecule has 0 radical (unpaired) electrons. The number of phenolic OH excluding ortho intramolecular Hbond substituents is 1. The zero-order chi connectivity index (χ0) is 13.1. The molecule has 0 spiro atoms. The van der Waals surface area contributed by atoms with Crippen LogP contribution in [0.2, 0.25) is 0 Å². The minimum Gasteiger partial charge on any atom is -0.507 e. The SMILES string of the molecule is Cc1ccccc1NC(=O)c1ccc(Br)c(O)c1. The molecule has 0 aliphatic rings. The fourth-order valence-corrected chi connectivity index (χ4v) is 1.81. The molecule has 0 bridgehead atoms. The van der Waals surface area contributed by atoms with Gasteiger partial charge in [-0.1, -0.05) is 18.2 Å². The second kappa shape index (κ2) is 5.23. The van der Waals surface area contributed by atoms with Gasteiger partial charge in [-0.2, -0.15) is 0 Å². The fourth-order valence-electron chi connectivity index (χ4n) is 1.56. The van der Waals surface area contributed by atoms with Gasteiger partial charge in [0.05, 0.1) is 4.47 Å². The number of aryl methyl sites for hydroxylation is 1. The topological polar surface area (TPSA) is 49.3 Å². The first-order valence-electron chi connectivity index (χ1n) is 5.43. The van der Waals surface area contributed by atoms with Crippen molar-refractivity contribution in [2.75, 3.05) is 5.32 Å². The molecular formula is C14H12BrNO2. The Morgan fingerprint density at radius 2 is 1.94 bits per heavy atom. The average Bonchev–Trinajstić information content (AvgIpc) is 2.35. The van der Waals surface area contributed by atoms with E-state index in [1.165, 1.54) is 6.07 Å². The maximum atomic E-state index is 12.0. The van der Waals surface area contributed by atoms with Crippen LogP contribution < -0.4 is 5.32 Å². The number of para-hydroxylation sites is 1. The number of carbonyl (C=O) groups is 1. The van der Waals surface area contributed by atoms with E-state index in [0.29, 0.717) is 10.0 Å². The number of nitrogens with one attached hydrogen (secondary N) is 1. The summed E-state index contributed by atoms with van der Waals surface area (Å²) in [6.45, 7) is 1.93. The number of carbonyl (C=O) groups excluding carboxylic acids is 1. The van der Waals surface area contributed by atoms with Crippen molar-refractivity contribution in [3.63, 3.8) is 0 Å². The Labute approximate surface area is 114 Å². The summed E-state index contributed by atoms with van der Waals surface area (Å²) in [6, 6.07) is 12.3. The molecule has 4 heteroatoms. The lowest BCUT2D eigenvalue weighted by atomic mass is 10.1. The van der Waals surface area contributed by atoms with Gasteiger partial charge in [-0.05, 0) is 52.7 Å². The van der Waals surface area contributed by atoms with Gasteiger partial charge < -0.3 is 10.4 Å². The smallest absolute Gasteiger partial charge is 0.255 e. The van der Waals surface area contributed by atoms with Crippen molar-refractivity contribution in [2.45, 2.75) is 6.92 Å². The first-order valence-corrected chi connectivity index (χ1v) is 6.23. The van der Waals surface area contributed by atoms with E-state index in [-0.39, 0.29) is 11.7 Å². The number of phenols is 1. The third kappa shape index (κ3) is 2.71. The first kappa shape index (κ1) is 12.6. The van der Waals surface area contributed by atoms with Gasteiger partial charge >= 0.3 is 0 Å². The summed E-state index contributed by atoms with van der Waals surface area (Å²) in [5, 5.41) is 12.4. The van der Waals surface area contributed by atoms with Gasteiger partial charge in [-0.15, -0.1) is 0 Å². The molecule has 0 saturated carbocycles. The number of halogens is 1. The van der Waals surface area contributed by atoms with E-state index in [0.717, 1.165) is 11.3 Å².